The van der Waals surface area contributed by atoms with Gasteiger partial charge in [0.25, 0.3) is 0 Å². The first-order valence-electron chi connectivity index (χ1n) is 4.50. The Bertz CT molecular complexity index is 316. The van der Waals surface area contributed by atoms with Gasteiger partial charge >= 0.3 is 0 Å². The van der Waals surface area contributed by atoms with Crippen molar-refractivity contribution in [3.63, 3.8) is 0 Å². The monoisotopic (exact) mass is 228 g/mol. The van der Waals surface area contributed by atoms with Crippen molar-refractivity contribution in [3.05, 3.63) is 6.07 Å². The highest BCUT2D eigenvalue weighted by Gasteiger charge is 2.02. The average Bonchev–Trinajstić information content (AvgIpc) is 2.16. The van der Waals surface area contributed by atoms with Gasteiger partial charge in [-0.05, 0) is 14.1 Å². The van der Waals surface area contributed by atoms with Crippen molar-refractivity contribution in [3.8, 4) is 0 Å². The Kier molecular flexibility index (Phi) is 4.60. The van der Waals surface area contributed by atoms with E-state index in [1.54, 1.807) is 17.8 Å². The molecule has 0 saturated carbocycles. The molecule has 1 rings (SSSR count). The van der Waals surface area contributed by atoms with Gasteiger partial charge in [-0.15, -0.1) is 11.8 Å². The zero-order valence-electron chi connectivity index (χ0n) is 8.90. The van der Waals surface area contributed by atoms with E-state index in [1.807, 2.05) is 14.1 Å². The smallest absolute Gasteiger partial charge is 0.223 e. The quantitative estimate of drug-likeness (QED) is 0.282. The predicted molar refractivity (Wildman–Crippen MR) is 63.5 cm³/mol. The Morgan fingerprint density at radius 3 is 2.80 bits per heavy atom. The third kappa shape index (κ3) is 4.32. The van der Waals surface area contributed by atoms with Gasteiger partial charge in [0.1, 0.15) is 10.8 Å². The maximum absolute atomic E-state index is 5.52. The van der Waals surface area contributed by atoms with E-state index in [9.17, 15) is 0 Å². The van der Waals surface area contributed by atoms with Gasteiger partial charge in [-0.25, -0.2) is 10.8 Å². The van der Waals surface area contributed by atoms with Gasteiger partial charge in [0.15, 0.2) is 0 Å². The summed E-state index contributed by atoms with van der Waals surface area (Å²) in [6, 6.07) is 1.77. The van der Waals surface area contributed by atoms with Crippen molar-refractivity contribution in [2.75, 3.05) is 37.6 Å². The van der Waals surface area contributed by atoms with Crippen LogP contribution in [0.5, 0.6) is 0 Å². The topological polar surface area (TPSA) is 93.1 Å². The summed E-state index contributed by atoms with van der Waals surface area (Å²) in [7, 11) is 4.06. The van der Waals surface area contributed by atoms with Gasteiger partial charge in [-0.1, -0.05) is 0 Å². The number of hydrogen-bond donors (Lipinski definition) is 3. The lowest BCUT2D eigenvalue weighted by Crippen LogP contribution is -2.15. The third-order valence-electron chi connectivity index (χ3n) is 1.66. The Hall–Kier alpha value is -1.05. The van der Waals surface area contributed by atoms with Gasteiger partial charge in [0, 0.05) is 18.4 Å². The van der Waals surface area contributed by atoms with Crippen LogP contribution in [0.4, 0.5) is 11.8 Å². The van der Waals surface area contributed by atoms with E-state index in [-0.39, 0.29) is 5.95 Å². The number of nitrogens with two attached hydrogens (primary N) is 2. The number of hydrazine groups is 1. The molecule has 84 valence electrons. The summed E-state index contributed by atoms with van der Waals surface area (Å²) < 4.78 is 0. The van der Waals surface area contributed by atoms with Crippen LogP contribution in [0.15, 0.2) is 11.1 Å². The van der Waals surface area contributed by atoms with Crippen LogP contribution in [0.3, 0.4) is 0 Å². The summed E-state index contributed by atoms with van der Waals surface area (Å²) in [5, 5.41) is 0.831. The zero-order chi connectivity index (χ0) is 11.3. The van der Waals surface area contributed by atoms with Crippen molar-refractivity contribution in [2.24, 2.45) is 5.84 Å². The van der Waals surface area contributed by atoms with Gasteiger partial charge < -0.3 is 16.1 Å². The van der Waals surface area contributed by atoms with E-state index < -0.39 is 0 Å². The van der Waals surface area contributed by atoms with Crippen LogP contribution in [-0.2, 0) is 0 Å². The highest BCUT2D eigenvalue weighted by Crippen LogP contribution is 2.18. The summed E-state index contributed by atoms with van der Waals surface area (Å²) in [5.41, 5.74) is 7.98. The Morgan fingerprint density at radius 2 is 2.20 bits per heavy atom. The molecule has 0 bridgehead atoms. The minimum atomic E-state index is 0.234. The van der Waals surface area contributed by atoms with E-state index in [1.165, 1.54) is 0 Å². The molecule has 0 aliphatic rings. The van der Waals surface area contributed by atoms with Crippen molar-refractivity contribution in [2.45, 2.75) is 5.03 Å². The van der Waals surface area contributed by atoms with Gasteiger partial charge in [-0.2, -0.15) is 4.98 Å². The molecule has 0 radical (unpaired) electrons. The molecule has 0 spiro atoms. The molecule has 0 aliphatic carbocycles. The minimum absolute atomic E-state index is 0.234. The summed E-state index contributed by atoms with van der Waals surface area (Å²) >= 11 is 1.62. The maximum atomic E-state index is 5.52. The molecule has 1 heterocycles. The number of nitrogens with zero attached hydrogens (tertiary/aromatic N) is 3. The first kappa shape index (κ1) is 12.0. The van der Waals surface area contributed by atoms with E-state index in [0.29, 0.717) is 5.82 Å². The third-order valence-corrected chi connectivity index (χ3v) is 2.55. The molecule has 1 aromatic rings. The van der Waals surface area contributed by atoms with Crippen LogP contribution in [0, 0.1) is 0 Å². The number of anilines is 2. The Morgan fingerprint density at radius 1 is 1.47 bits per heavy atom. The first-order chi connectivity index (χ1) is 7.11. The number of aromatic nitrogens is 2. The lowest BCUT2D eigenvalue weighted by Gasteiger charge is -2.09. The van der Waals surface area contributed by atoms with E-state index in [0.717, 1.165) is 17.3 Å². The molecule has 5 N–H and O–H groups in total. The Balaban J connectivity index is 2.56. The van der Waals surface area contributed by atoms with Crippen molar-refractivity contribution in [1.82, 2.24) is 14.9 Å². The lowest BCUT2D eigenvalue weighted by atomic mass is 10.6. The summed E-state index contributed by atoms with van der Waals surface area (Å²) in [6.07, 6.45) is 0. The molecule has 0 fully saturated rings. The Labute approximate surface area is 93.4 Å². The number of rotatable bonds is 5. The SMILES string of the molecule is CN(C)CCSc1cc(NN)nc(N)n1. The van der Waals surface area contributed by atoms with E-state index in [2.05, 4.69) is 20.3 Å². The summed E-state index contributed by atoms with van der Waals surface area (Å²) in [4.78, 5) is 10.1. The molecule has 7 heteroatoms. The van der Waals surface area contributed by atoms with Gasteiger partial charge in [-0.3, -0.25) is 0 Å². The number of nitrogen functional groups attached to an aromatic ring is 2. The lowest BCUT2D eigenvalue weighted by molar-refractivity contribution is 0.437. The fourth-order valence-electron chi connectivity index (χ4n) is 0.923. The molecule has 6 nitrogen and oxygen atoms in total. The predicted octanol–water partition coefficient (Wildman–Crippen LogP) is -0.00190. The van der Waals surface area contributed by atoms with Crippen LogP contribution in [0.1, 0.15) is 0 Å². The standard InChI is InChI=1S/C8H16N6S/c1-14(2)3-4-15-7-5-6(13-10)11-8(9)12-7/h5H,3-4,10H2,1-2H3,(H3,9,11,12,13). The molecule has 0 saturated heterocycles. The second kappa shape index (κ2) is 5.74. The van der Waals surface area contributed by atoms with Crippen molar-refractivity contribution in [1.29, 1.82) is 0 Å². The van der Waals surface area contributed by atoms with Gasteiger partial charge in [0.2, 0.25) is 5.95 Å². The minimum Gasteiger partial charge on any atom is -0.368 e. The van der Waals surface area contributed by atoms with Crippen LogP contribution >= 0.6 is 11.8 Å². The second-order valence-electron chi connectivity index (χ2n) is 3.25. The number of thioether (sulfide) groups is 1. The normalized spacial score (nSPS) is 10.7. The highest BCUT2D eigenvalue weighted by molar-refractivity contribution is 7.99. The summed E-state index contributed by atoms with van der Waals surface area (Å²) in [5.74, 6) is 6.97. The molecule has 0 unspecified atom stereocenters. The van der Waals surface area contributed by atoms with Crippen LogP contribution in [0.25, 0.3) is 0 Å². The fourth-order valence-corrected chi connectivity index (χ4v) is 1.94. The number of hydrogen-bond acceptors (Lipinski definition) is 7. The van der Waals surface area contributed by atoms with Crippen LogP contribution in [0.2, 0.25) is 0 Å². The molecule has 1 aromatic heterocycles. The van der Waals surface area contributed by atoms with Crippen LogP contribution in [-0.4, -0.2) is 41.3 Å². The molecule has 0 aromatic carbocycles. The molecular formula is C8H16N6S. The van der Waals surface area contributed by atoms with Crippen LogP contribution < -0.4 is 17.0 Å². The molecule has 15 heavy (non-hydrogen) atoms. The fraction of sp³-hybridized carbons (Fsp3) is 0.500. The zero-order valence-corrected chi connectivity index (χ0v) is 9.71. The first-order valence-corrected chi connectivity index (χ1v) is 5.49. The van der Waals surface area contributed by atoms with Crippen molar-refractivity contribution >= 4 is 23.5 Å². The van der Waals surface area contributed by atoms with E-state index >= 15 is 0 Å². The molecule has 0 aliphatic heterocycles. The van der Waals surface area contributed by atoms with Gasteiger partial charge in [0.05, 0.1) is 0 Å². The average molecular weight is 228 g/mol. The maximum Gasteiger partial charge on any atom is 0.223 e. The highest BCUT2D eigenvalue weighted by atomic mass is 32.2. The number of nitrogens with one attached hydrogen (secondary N) is 1. The molecule has 0 atom stereocenters. The molecule has 0 amide bonds. The second-order valence-corrected chi connectivity index (χ2v) is 4.36. The molecular weight excluding hydrogens is 212 g/mol. The van der Waals surface area contributed by atoms with E-state index in [4.69, 9.17) is 11.6 Å². The van der Waals surface area contributed by atoms with Crippen molar-refractivity contribution < 1.29 is 0 Å². The largest absolute Gasteiger partial charge is 0.368 e. The summed E-state index contributed by atoms with van der Waals surface area (Å²) in [6.45, 7) is 0.986.